The Morgan fingerprint density at radius 3 is 2.37 bits per heavy atom. The quantitative estimate of drug-likeness (QED) is 0.895. The summed E-state index contributed by atoms with van der Waals surface area (Å²) in [5.41, 5.74) is 7.63. The van der Waals surface area contributed by atoms with Gasteiger partial charge in [-0.05, 0) is 42.3 Å². The van der Waals surface area contributed by atoms with Crippen LogP contribution in [0.25, 0.3) is 0 Å². The van der Waals surface area contributed by atoms with Gasteiger partial charge in [0.1, 0.15) is 11.6 Å². The number of hydrogen-bond acceptors (Lipinski definition) is 2. The standard InChI is InChI=1S/C16H18FNO/c1-19-15-8-6-12(7-9-15)14(11-18)10-13-4-2-3-5-16(13)17/h2-9,14H,10-11,18H2,1H3. The smallest absolute Gasteiger partial charge is 0.126 e. The minimum atomic E-state index is -0.172. The average Bonchev–Trinajstić information content (AvgIpc) is 2.47. The Hall–Kier alpha value is -1.87. The summed E-state index contributed by atoms with van der Waals surface area (Å²) in [6.07, 6.45) is 0.607. The lowest BCUT2D eigenvalue weighted by atomic mass is 9.92. The maximum Gasteiger partial charge on any atom is 0.126 e. The van der Waals surface area contributed by atoms with Crippen LogP contribution in [-0.2, 0) is 6.42 Å². The summed E-state index contributed by atoms with van der Waals surface area (Å²) >= 11 is 0. The number of nitrogens with two attached hydrogens (primary N) is 1. The van der Waals surface area contributed by atoms with Crippen LogP contribution in [0.1, 0.15) is 17.0 Å². The molecule has 1 atom stereocenters. The van der Waals surface area contributed by atoms with Crippen LogP contribution in [0.3, 0.4) is 0 Å². The molecule has 100 valence electrons. The van der Waals surface area contributed by atoms with E-state index in [1.165, 1.54) is 6.07 Å². The van der Waals surface area contributed by atoms with Crippen LogP contribution in [0.15, 0.2) is 48.5 Å². The number of benzene rings is 2. The maximum absolute atomic E-state index is 13.7. The Labute approximate surface area is 113 Å². The van der Waals surface area contributed by atoms with Crippen molar-refractivity contribution < 1.29 is 9.13 Å². The van der Waals surface area contributed by atoms with Gasteiger partial charge in [-0.1, -0.05) is 30.3 Å². The van der Waals surface area contributed by atoms with Crippen molar-refractivity contribution in [1.82, 2.24) is 0 Å². The lowest BCUT2D eigenvalue weighted by molar-refractivity contribution is 0.414. The van der Waals surface area contributed by atoms with Gasteiger partial charge in [0.25, 0.3) is 0 Å². The Morgan fingerprint density at radius 2 is 1.79 bits per heavy atom. The molecule has 19 heavy (non-hydrogen) atoms. The Bertz CT molecular complexity index is 525. The lowest BCUT2D eigenvalue weighted by Gasteiger charge is -2.16. The van der Waals surface area contributed by atoms with Crippen LogP contribution in [0, 0.1) is 5.82 Å². The van der Waals surface area contributed by atoms with Crippen LogP contribution in [-0.4, -0.2) is 13.7 Å². The number of hydrogen-bond donors (Lipinski definition) is 1. The molecule has 2 nitrogen and oxygen atoms in total. The first-order valence-electron chi connectivity index (χ1n) is 6.32. The van der Waals surface area contributed by atoms with Crippen molar-refractivity contribution in [3.05, 3.63) is 65.5 Å². The summed E-state index contributed by atoms with van der Waals surface area (Å²) in [5.74, 6) is 0.752. The lowest BCUT2D eigenvalue weighted by Crippen LogP contribution is -2.15. The van der Waals surface area contributed by atoms with E-state index in [9.17, 15) is 4.39 Å². The summed E-state index contributed by atoms with van der Waals surface area (Å²) in [6, 6.07) is 14.6. The highest BCUT2D eigenvalue weighted by atomic mass is 19.1. The van der Waals surface area contributed by atoms with Crippen LogP contribution >= 0.6 is 0 Å². The second-order valence-corrected chi connectivity index (χ2v) is 4.50. The molecule has 0 aliphatic heterocycles. The average molecular weight is 259 g/mol. The molecule has 0 aromatic heterocycles. The van der Waals surface area contributed by atoms with Crippen molar-refractivity contribution >= 4 is 0 Å². The van der Waals surface area contributed by atoms with Gasteiger partial charge in [0.15, 0.2) is 0 Å². The summed E-state index contributed by atoms with van der Waals surface area (Å²) in [4.78, 5) is 0. The Kier molecular flexibility index (Phi) is 4.53. The molecule has 0 radical (unpaired) electrons. The van der Waals surface area contributed by atoms with Crippen LogP contribution < -0.4 is 10.5 Å². The van der Waals surface area contributed by atoms with Crippen LogP contribution in [0.5, 0.6) is 5.75 Å². The second kappa shape index (κ2) is 6.34. The zero-order chi connectivity index (χ0) is 13.7. The minimum absolute atomic E-state index is 0.114. The molecule has 0 fully saturated rings. The molecule has 1 unspecified atom stereocenters. The predicted octanol–water partition coefficient (Wildman–Crippen LogP) is 3.12. The first-order valence-corrected chi connectivity index (χ1v) is 6.32. The monoisotopic (exact) mass is 259 g/mol. The predicted molar refractivity (Wildman–Crippen MR) is 74.9 cm³/mol. The zero-order valence-electron chi connectivity index (χ0n) is 11.0. The normalized spacial score (nSPS) is 12.2. The fourth-order valence-corrected chi connectivity index (χ4v) is 2.14. The fourth-order valence-electron chi connectivity index (χ4n) is 2.14. The third-order valence-corrected chi connectivity index (χ3v) is 3.30. The third kappa shape index (κ3) is 3.32. The molecular formula is C16H18FNO. The Morgan fingerprint density at radius 1 is 1.11 bits per heavy atom. The molecular weight excluding hydrogens is 241 g/mol. The van der Waals surface area contributed by atoms with E-state index < -0.39 is 0 Å². The molecule has 0 aliphatic rings. The largest absolute Gasteiger partial charge is 0.497 e. The van der Waals surface area contributed by atoms with E-state index in [1.807, 2.05) is 36.4 Å². The van der Waals surface area contributed by atoms with Gasteiger partial charge >= 0.3 is 0 Å². The molecule has 0 amide bonds. The first-order chi connectivity index (χ1) is 9.24. The summed E-state index contributed by atoms with van der Waals surface area (Å²) < 4.78 is 18.8. The minimum Gasteiger partial charge on any atom is -0.497 e. The highest BCUT2D eigenvalue weighted by Crippen LogP contribution is 2.23. The summed E-state index contributed by atoms with van der Waals surface area (Å²) in [5, 5.41) is 0. The molecule has 0 spiro atoms. The number of methoxy groups -OCH3 is 1. The van der Waals surface area contributed by atoms with Crippen molar-refractivity contribution in [2.24, 2.45) is 5.73 Å². The van der Waals surface area contributed by atoms with E-state index in [0.717, 1.165) is 11.3 Å². The van der Waals surface area contributed by atoms with E-state index in [0.29, 0.717) is 18.5 Å². The van der Waals surface area contributed by atoms with Gasteiger partial charge in [0.2, 0.25) is 0 Å². The van der Waals surface area contributed by atoms with E-state index in [4.69, 9.17) is 10.5 Å². The molecule has 2 N–H and O–H groups in total. The van der Waals surface area contributed by atoms with Crippen molar-refractivity contribution in [2.75, 3.05) is 13.7 Å². The number of ether oxygens (including phenoxy) is 1. The van der Waals surface area contributed by atoms with Gasteiger partial charge in [-0.25, -0.2) is 4.39 Å². The van der Waals surface area contributed by atoms with Gasteiger partial charge in [0, 0.05) is 5.92 Å². The molecule has 2 rings (SSSR count). The molecule has 0 saturated heterocycles. The van der Waals surface area contributed by atoms with Gasteiger partial charge in [0.05, 0.1) is 7.11 Å². The molecule has 0 heterocycles. The number of rotatable bonds is 5. The molecule has 0 aliphatic carbocycles. The first kappa shape index (κ1) is 13.6. The highest BCUT2D eigenvalue weighted by Gasteiger charge is 2.13. The van der Waals surface area contributed by atoms with Gasteiger partial charge in [-0.15, -0.1) is 0 Å². The summed E-state index contributed by atoms with van der Waals surface area (Å²) in [6.45, 7) is 0.487. The number of halogens is 1. The topological polar surface area (TPSA) is 35.2 Å². The van der Waals surface area contributed by atoms with Crippen molar-refractivity contribution in [2.45, 2.75) is 12.3 Å². The molecule has 2 aromatic rings. The molecule has 2 aromatic carbocycles. The molecule has 0 bridgehead atoms. The second-order valence-electron chi connectivity index (χ2n) is 4.50. The maximum atomic E-state index is 13.7. The third-order valence-electron chi connectivity index (χ3n) is 3.30. The Balaban J connectivity index is 2.17. The summed E-state index contributed by atoms with van der Waals surface area (Å²) in [7, 11) is 1.63. The van der Waals surface area contributed by atoms with Gasteiger partial charge in [-0.2, -0.15) is 0 Å². The fraction of sp³-hybridized carbons (Fsp3) is 0.250. The van der Waals surface area contributed by atoms with Crippen LogP contribution in [0.2, 0.25) is 0 Å². The zero-order valence-corrected chi connectivity index (χ0v) is 11.0. The van der Waals surface area contributed by atoms with Crippen molar-refractivity contribution in [3.63, 3.8) is 0 Å². The SMILES string of the molecule is COc1ccc(C(CN)Cc2ccccc2F)cc1. The van der Waals surface area contributed by atoms with Gasteiger partial charge < -0.3 is 10.5 Å². The van der Waals surface area contributed by atoms with E-state index >= 15 is 0 Å². The van der Waals surface area contributed by atoms with E-state index in [1.54, 1.807) is 13.2 Å². The van der Waals surface area contributed by atoms with E-state index in [2.05, 4.69) is 0 Å². The molecule has 3 heteroatoms. The molecule has 0 saturated carbocycles. The highest BCUT2D eigenvalue weighted by molar-refractivity contribution is 5.31. The van der Waals surface area contributed by atoms with Gasteiger partial charge in [-0.3, -0.25) is 0 Å². The van der Waals surface area contributed by atoms with E-state index in [-0.39, 0.29) is 11.7 Å². The van der Waals surface area contributed by atoms with Crippen molar-refractivity contribution in [3.8, 4) is 5.75 Å². The van der Waals surface area contributed by atoms with Crippen LogP contribution in [0.4, 0.5) is 4.39 Å². The van der Waals surface area contributed by atoms with Crippen molar-refractivity contribution in [1.29, 1.82) is 0 Å².